The van der Waals surface area contributed by atoms with E-state index in [2.05, 4.69) is 10.4 Å². The number of hydrogen-bond acceptors (Lipinski definition) is 5. The van der Waals surface area contributed by atoms with Crippen molar-refractivity contribution in [3.63, 3.8) is 0 Å². The van der Waals surface area contributed by atoms with Crippen LogP contribution in [0.15, 0.2) is 6.07 Å². The molecule has 0 aromatic carbocycles. The molecule has 8 heteroatoms. The van der Waals surface area contributed by atoms with E-state index in [4.69, 9.17) is 0 Å². The highest BCUT2D eigenvalue weighted by Crippen LogP contribution is 2.24. The molecule has 3 heterocycles. The molecule has 2 atom stereocenters. The molecule has 7 nitrogen and oxygen atoms in total. The molecule has 0 radical (unpaired) electrons. The third kappa shape index (κ3) is 3.01. The quantitative estimate of drug-likeness (QED) is 0.852. The molecule has 2 saturated heterocycles. The molecule has 1 amide bonds. The number of aromatic nitrogens is 2. The number of nitrogens with zero attached hydrogens (tertiary/aromatic N) is 3. The van der Waals surface area contributed by atoms with Crippen LogP contribution in [0.25, 0.3) is 0 Å². The number of piperazine rings is 1. The second kappa shape index (κ2) is 5.90. The summed E-state index contributed by atoms with van der Waals surface area (Å²) < 4.78 is 25.6. The number of sulfone groups is 1. The summed E-state index contributed by atoms with van der Waals surface area (Å²) in [6.45, 7) is 7.81. The largest absolute Gasteiger partial charge is 0.330 e. The molecular weight excluding hydrogens is 316 g/mol. The fraction of sp³-hybridized carbons (Fsp3) is 0.733. The SMILES string of the molecule is CCn1nc(C(C)C)cc1C(=O)N1CCN[C@H]2CS(=O)(=O)C[C@H]21. The third-order valence-corrected chi connectivity index (χ3v) is 6.37. The van der Waals surface area contributed by atoms with Gasteiger partial charge < -0.3 is 10.2 Å². The fourth-order valence-corrected chi connectivity index (χ4v) is 5.35. The van der Waals surface area contributed by atoms with Gasteiger partial charge in [-0.2, -0.15) is 5.10 Å². The molecule has 0 aliphatic carbocycles. The lowest BCUT2D eigenvalue weighted by atomic mass is 10.1. The van der Waals surface area contributed by atoms with Crippen LogP contribution in [0.2, 0.25) is 0 Å². The van der Waals surface area contributed by atoms with E-state index in [0.29, 0.717) is 25.3 Å². The Morgan fingerprint density at radius 3 is 2.83 bits per heavy atom. The molecule has 0 bridgehead atoms. The zero-order valence-corrected chi connectivity index (χ0v) is 14.6. The van der Waals surface area contributed by atoms with Crippen LogP contribution in [-0.4, -0.2) is 65.7 Å². The smallest absolute Gasteiger partial charge is 0.272 e. The van der Waals surface area contributed by atoms with Gasteiger partial charge in [0.05, 0.1) is 23.2 Å². The molecule has 1 N–H and O–H groups in total. The molecule has 2 aliphatic heterocycles. The van der Waals surface area contributed by atoms with Gasteiger partial charge in [-0.3, -0.25) is 9.48 Å². The van der Waals surface area contributed by atoms with E-state index >= 15 is 0 Å². The molecule has 23 heavy (non-hydrogen) atoms. The maximum atomic E-state index is 13.0. The van der Waals surface area contributed by atoms with Gasteiger partial charge in [-0.15, -0.1) is 0 Å². The van der Waals surface area contributed by atoms with E-state index in [1.165, 1.54) is 0 Å². The van der Waals surface area contributed by atoms with Crippen molar-refractivity contribution in [3.05, 3.63) is 17.5 Å². The summed E-state index contributed by atoms with van der Waals surface area (Å²) in [6, 6.07) is 1.42. The topological polar surface area (TPSA) is 84.3 Å². The highest BCUT2D eigenvalue weighted by molar-refractivity contribution is 7.91. The number of aryl methyl sites for hydroxylation is 1. The first-order chi connectivity index (χ1) is 10.8. The van der Waals surface area contributed by atoms with Crippen LogP contribution in [0, 0.1) is 0 Å². The summed E-state index contributed by atoms with van der Waals surface area (Å²) in [7, 11) is -3.08. The predicted molar refractivity (Wildman–Crippen MR) is 87.3 cm³/mol. The van der Waals surface area contributed by atoms with Crippen LogP contribution in [-0.2, 0) is 16.4 Å². The van der Waals surface area contributed by atoms with E-state index in [1.54, 1.807) is 9.58 Å². The molecule has 1 aromatic heterocycles. The van der Waals surface area contributed by atoms with Crippen molar-refractivity contribution in [1.29, 1.82) is 0 Å². The molecule has 1 aromatic rings. The number of carbonyl (C=O) groups is 1. The minimum atomic E-state index is -3.08. The standard InChI is InChI=1S/C15H24N4O3S/c1-4-19-13(7-11(17-19)10(2)3)15(20)18-6-5-16-12-8-23(21,22)9-14(12)18/h7,10,12,14,16H,4-6,8-9H2,1-3H3/t12-,14+/m0/s1. The van der Waals surface area contributed by atoms with Crippen molar-refractivity contribution in [2.45, 2.75) is 45.3 Å². The van der Waals surface area contributed by atoms with E-state index in [0.717, 1.165) is 5.69 Å². The van der Waals surface area contributed by atoms with Gasteiger partial charge in [0.1, 0.15) is 5.69 Å². The van der Waals surface area contributed by atoms with Crippen LogP contribution in [0.3, 0.4) is 0 Å². The number of rotatable bonds is 3. The molecule has 0 spiro atoms. The minimum absolute atomic E-state index is 0.0493. The average molecular weight is 340 g/mol. The number of carbonyl (C=O) groups excluding carboxylic acids is 1. The molecule has 128 valence electrons. The third-order valence-electron chi connectivity index (χ3n) is 4.65. The summed E-state index contributed by atoms with van der Waals surface area (Å²) in [5.41, 5.74) is 1.45. The van der Waals surface area contributed by atoms with Crippen LogP contribution in [0.1, 0.15) is 42.9 Å². The van der Waals surface area contributed by atoms with Crippen LogP contribution >= 0.6 is 0 Å². The zero-order chi connectivity index (χ0) is 16.8. The first kappa shape index (κ1) is 16.4. The summed E-state index contributed by atoms with van der Waals surface area (Å²) in [5.74, 6) is 0.302. The monoisotopic (exact) mass is 340 g/mol. The highest BCUT2D eigenvalue weighted by atomic mass is 32.2. The fourth-order valence-electron chi connectivity index (χ4n) is 3.40. The Morgan fingerprint density at radius 1 is 1.43 bits per heavy atom. The Kier molecular flexibility index (Phi) is 4.22. The number of fused-ring (bicyclic) bond motifs is 1. The molecular formula is C15H24N4O3S. The van der Waals surface area contributed by atoms with Crippen molar-refractivity contribution < 1.29 is 13.2 Å². The van der Waals surface area contributed by atoms with Gasteiger partial charge in [-0.25, -0.2) is 8.42 Å². The molecule has 0 saturated carbocycles. The first-order valence-electron chi connectivity index (χ1n) is 8.15. The van der Waals surface area contributed by atoms with Crippen molar-refractivity contribution >= 4 is 15.7 Å². The van der Waals surface area contributed by atoms with Gasteiger partial charge in [-0.1, -0.05) is 13.8 Å². The van der Waals surface area contributed by atoms with Crippen LogP contribution in [0.5, 0.6) is 0 Å². The summed E-state index contributed by atoms with van der Waals surface area (Å²) in [4.78, 5) is 14.7. The summed E-state index contributed by atoms with van der Waals surface area (Å²) in [6.07, 6.45) is 0. The molecule has 0 unspecified atom stereocenters. The maximum absolute atomic E-state index is 13.0. The highest BCUT2D eigenvalue weighted by Gasteiger charge is 2.45. The number of amides is 1. The van der Waals surface area contributed by atoms with Gasteiger partial charge >= 0.3 is 0 Å². The van der Waals surface area contributed by atoms with E-state index in [1.807, 2.05) is 26.8 Å². The zero-order valence-electron chi connectivity index (χ0n) is 13.8. The average Bonchev–Trinajstić information content (AvgIpc) is 3.04. The van der Waals surface area contributed by atoms with Gasteiger partial charge in [0.2, 0.25) is 0 Å². The Morgan fingerprint density at radius 2 is 2.17 bits per heavy atom. The molecule has 3 rings (SSSR count). The molecule has 2 aliphatic rings. The maximum Gasteiger partial charge on any atom is 0.272 e. The van der Waals surface area contributed by atoms with E-state index in [9.17, 15) is 13.2 Å². The van der Waals surface area contributed by atoms with Gasteiger partial charge in [0.25, 0.3) is 5.91 Å². The minimum Gasteiger partial charge on any atom is -0.330 e. The second-order valence-corrected chi connectivity index (χ2v) is 8.78. The van der Waals surface area contributed by atoms with Crippen LogP contribution in [0.4, 0.5) is 0 Å². The first-order valence-corrected chi connectivity index (χ1v) is 9.97. The van der Waals surface area contributed by atoms with Crippen molar-refractivity contribution in [2.24, 2.45) is 0 Å². The van der Waals surface area contributed by atoms with Gasteiger partial charge in [0, 0.05) is 25.7 Å². The Balaban J connectivity index is 1.91. The van der Waals surface area contributed by atoms with Crippen molar-refractivity contribution in [1.82, 2.24) is 20.0 Å². The Hall–Kier alpha value is -1.41. The lowest BCUT2D eigenvalue weighted by Gasteiger charge is -2.37. The van der Waals surface area contributed by atoms with E-state index < -0.39 is 9.84 Å². The predicted octanol–water partition coefficient (Wildman–Crippen LogP) is 0.237. The number of hydrogen-bond donors (Lipinski definition) is 1. The van der Waals surface area contributed by atoms with E-state index in [-0.39, 0.29) is 35.4 Å². The Bertz CT molecular complexity index is 710. The van der Waals surface area contributed by atoms with Crippen molar-refractivity contribution in [2.75, 3.05) is 24.6 Å². The Labute approximate surface area is 137 Å². The lowest BCUT2D eigenvalue weighted by Crippen LogP contribution is -2.59. The summed E-state index contributed by atoms with van der Waals surface area (Å²) >= 11 is 0. The van der Waals surface area contributed by atoms with Crippen LogP contribution < -0.4 is 5.32 Å². The second-order valence-electron chi connectivity index (χ2n) is 6.63. The lowest BCUT2D eigenvalue weighted by molar-refractivity contribution is 0.0609. The van der Waals surface area contributed by atoms with Crippen molar-refractivity contribution in [3.8, 4) is 0 Å². The molecule has 2 fully saturated rings. The summed E-state index contributed by atoms with van der Waals surface area (Å²) in [5, 5.41) is 7.72. The number of nitrogens with one attached hydrogen (secondary N) is 1. The van der Waals surface area contributed by atoms with Gasteiger partial charge in [-0.05, 0) is 18.9 Å². The van der Waals surface area contributed by atoms with Gasteiger partial charge in [0.15, 0.2) is 9.84 Å². The normalized spacial score (nSPS) is 26.5.